The topological polar surface area (TPSA) is 0 Å². The number of hydrogen-bond acceptors (Lipinski definition) is 0. The fraction of sp³-hybridized carbons (Fsp3) is 1.00. The minimum absolute atomic E-state index is 0.694. The maximum Gasteiger partial charge on any atom is -0.0266 e. The number of fused-ring (bicyclic) bond motifs is 5. The molecule has 0 N–H and O–H groups in total. The third-order valence-corrected chi connectivity index (χ3v) is 10.1. The molecule has 4 aliphatic carbocycles. The van der Waals surface area contributed by atoms with Gasteiger partial charge < -0.3 is 0 Å². The van der Waals surface area contributed by atoms with E-state index in [2.05, 4.69) is 34.6 Å². The van der Waals surface area contributed by atoms with Crippen molar-refractivity contribution in [1.82, 2.24) is 0 Å². The summed E-state index contributed by atoms with van der Waals surface area (Å²) < 4.78 is 0. The van der Waals surface area contributed by atoms with E-state index in [1.807, 2.05) is 0 Å². The van der Waals surface area contributed by atoms with E-state index in [1.54, 1.807) is 38.5 Å². The van der Waals surface area contributed by atoms with Crippen LogP contribution in [0.4, 0.5) is 0 Å². The van der Waals surface area contributed by atoms with Crippen molar-refractivity contribution in [2.45, 2.75) is 92.4 Å². The van der Waals surface area contributed by atoms with E-state index >= 15 is 0 Å². The highest BCUT2D eigenvalue weighted by Crippen LogP contribution is 2.67. The third kappa shape index (κ3) is 2.29. The molecule has 0 aromatic carbocycles. The molecule has 0 aromatic heterocycles. The van der Waals surface area contributed by atoms with E-state index in [4.69, 9.17) is 0 Å². The second-order valence-electron chi connectivity index (χ2n) is 11.0. The molecule has 4 saturated carbocycles. The van der Waals surface area contributed by atoms with Gasteiger partial charge in [-0.2, -0.15) is 0 Å². The first kappa shape index (κ1) is 16.5. The Hall–Kier alpha value is 0. The molecule has 8 atom stereocenters. The second kappa shape index (κ2) is 5.50. The van der Waals surface area contributed by atoms with Crippen LogP contribution in [0.3, 0.4) is 0 Å². The van der Waals surface area contributed by atoms with E-state index in [9.17, 15) is 0 Å². The summed E-state index contributed by atoms with van der Waals surface area (Å²) >= 11 is 0. The van der Waals surface area contributed by atoms with Crippen LogP contribution >= 0.6 is 0 Å². The zero-order valence-corrected chi connectivity index (χ0v) is 16.4. The van der Waals surface area contributed by atoms with Crippen molar-refractivity contribution in [2.75, 3.05) is 0 Å². The zero-order chi connectivity index (χ0) is 16.4. The summed E-state index contributed by atoms with van der Waals surface area (Å²) in [5.74, 6) is 7.17. The van der Waals surface area contributed by atoms with Crippen molar-refractivity contribution in [2.24, 2.45) is 52.3 Å². The second-order valence-corrected chi connectivity index (χ2v) is 11.0. The minimum atomic E-state index is 0.694. The van der Waals surface area contributed by atoms with Crippen LogP contribution in [-0.4, -0.2) is 0 Å². The largest absolute Gasteiger partial charge is 0.0625 e. The van der Waals surface area contributed by atoms with Crippen molar-refractivity contribution >= 4 is 0 Å². The number of rotatable bonds is 1. The predicted octanol–water partition coefficient (Wildman–Crippen LogP) is 6.94. The van der Waals surface area contributed by atoms with Crippen LogP contribution in [0.25, 0.3) is 0 Å². The Morgan fingerprint density at radius 1 is 0.783 bits per heavy atom. The van der Waals surface area contributed by atoms with Crippen molar-refractivity contribution in [3.8, 4) is 0 Å². The van der Waals surface area contributed by atoms with Crippen molar-refractivity contribution in [3.63, 3.8) is 0 Å². The van der Waals surface area contributed by atoms with Crippen molar-refractivity contribution < 1.29 is 0 Å². The molecule has 0 radical (unpaired) electrons. The lowest BCUT2D eigenvalue weighted by atomic mass is 9.44. The molecule has 0 heteroatoms. The smallest absolute Gasteiger partial charge is 0.0266 e. The van der Waals surface area contributed by atoms with Gasteiger partial charge in [0.25, 0.3) is 0 Å². The van der Waals surface area contributed by atoms with Crippen LogP contribution in [0.2, 0.25) is 0 Å². The SMILES string of the molecule is CC(C)C1CCC2(C)C(CCC3C4CCC(C)C4(C)CCC32)C1. The van der Waals surface area contributed by atoms with Gasteiger partial charge in [-0.05, 0) is 110 Å². The third-order valence-electron chi connectivity index (χ3n) is 10.1. The van der Waals surface area contributed by atoms with Gasteiger partial charge in [0.05, 0.1) is 0 Å². The molecule has 0 amide bonds. The summed E-state index contributed by atoms with van der Waals surface area (Å²) in [4.78, 5) is 0. The Kier molecular flexibility index (Phi) is 3.94. The number of hydrogen-bond donors (Lipinski definition) is 0. The van der Waals surface area contributed by atoms with Gasteiger partial charge in [-0.3, -0.25) is 0 Å². The molecule has 8 unspecified atom stereocenters. The average molecular weight is 317 g/mol. The molecule has 4 rings (SSSR count). The Morgan fingerprint density at radius 2 is 1.48 bits per heavy atom. The molecule has 0 aromatic rings. The van der Waals surface area contributed by atoms with Crippen LogP contribution in [0, 0.1) is 52.3 Å². The fourth-order valence-electron chi connectivity index (χ4n) is 8.16. The molecular formula is C23H40. The van der Waals surface area contributed by atoms with Gasteiger partial charge in [0.2, 0.25) is 0 Å². The Morgan fingerprint density at radius 3 is 2.22 bits per heavy atom. The first-order valence-corrected chi connectivity index (χ1v) is 10.9. The fourth-order valence-corrected chi connectivity index (χ4v) is 8.16. The van der Waals surface area contributed by atoms with Gasteiger partial charge in [-0.15, -0.1) is 0 Å². The lowest BCUT2D eigenvalue weighted by Gasteiger charge is -2.61. The van der Waals surface area contributed by atoms with E-state index in [0.717, 1.165) is 41.4 Å². The molecule has 23 heavy (non-hydrogen) atoms. The quantitative estimate of drug-likeness (QED) is 0.491. The van der Waals surface area contributed by atoms with E-state index in [1.165, 1.54) is 19.3 Å². The molecule has 0 aliphatic heterocycles. The van der Waals surface area contributed by atoms with Gasteiger partial charge in [0.15, 0.2) is 0 Å². The summed E-state index contributed by atoms with van der Waals surface area (Å²) in [5.41, 5.74) is 1.39. The normalized spacial score (nSPS) is 56.1. The van der Waals surface area contributed by atoms with Crippen LogP contribution < -0.4 is 0 Å². The molecule has 0 saturated heterocycles. The first-order chi connectivity index (χ1) is 10.9. The van der Waals surface area contributed by atoms with Crippen molar-refractivity contribution in [3.05, 3.63) is 0 Å². The van der Waals surface area contributed by atoms with Gasteiger partial charge in [-0.1, -0.05) is 34.6 Å². The monoisotopic (exact) mass is 316 g/mol. The Bertz CT molecular complexity index is 451. The van der Waals surface area contributed by atoms with Gasteiger partial charge in [0, 0.05) is 0 Å². The lowest BCUT2D eigenvalue weighted by molar-refractivity contribution is -0.119. The average Bonchev–Trinajstić information content (AvgIpc) is 2.82. The molecular weight excluding hydrogens is 276 g/mol. The highest BCUT2D eigenvalue weighted by Gasteiger charge is 2.59. The van der Waals surface area contributed by atoms with Crippen LogP contribution in [0.1, 0.15) is 92.4 Å². The maximum absolute atomic E-state index is 2.73. The highest BCUT2D eigenvalue weighted by atomic mass is 14.6. The molecule has 4 fully saturated rings. The van der Waals surface area contributed by atoms with Gasteiger partial charge >= 0.3 is 0 Å². The Balaban J connectivity index is 1.57. The predicted molar refractivity (Wildman–Crippen MR) is 99.2 cm³/mol. The lowest BCUT2D eigenvalue weighted by Crippen LogP contribution is -2.53. The summed E-state index contributed by atoms with van der Waals surface area (Å²) in [6.07, 6.45) is 13.9. The minimum Gasteiger partial charge on any atom is -0.0625 e. The van der Waals surface area contributed by atoms with Crippen LogP contribution in [0.5, 0.6) is 0 Å². The summed E-state index contributed by atoms with van der Waals surface area (Å²) in [5, 5.41) is 0. The summed E-state index contributed by atoms with van der Waals surface area (Å²) in [6, 6.07) is 0. The highest BCUT2D eigenvalue weighted by molar-refractivity contribution is 5.08. The molecule has 0 heterocycles. The van der Waals surface area contributed by atoms with E-state index in [-0.39, 0.29) is 0 Å². The van der Waals surface area contributed by atoms with Crippen molar-refractivity contribution in [1.29, 1.82) is 0 Å². The summed E-state index contributed by atoms with van der Waals surface area (Å²) in [7, 11) is 0. The molecule has 0 nitrogen and oxygen atoms in total. The van der Waals surface area contributed by atoms with E-state index in [0.29, 0.717) is 10.8 Å². The molecule has 0 spiro atoms. The van der Waals surface area contributed by atoms with Crippen LogP contribution in [0.15, 0.2) is 0 Å². The molecule has 4 aliphatic rings. The Labute approximate surface area is 145 Å². The standard InChI is InChI=1S/C23H40/c1-15(2)17-10-12-23(5)18(14-17)7-8-19-20-9-6-16(3)22(20,4)13-11-21(19)23/h15-21H,6-14H2,1-5H3. The summed E-state index contributed by atoms with van der Waals surface area (Å²) in [6.45, 7) is 12.9. The van der Waals surface area contributed by atoms with Gasteiger partial charge in [0.1, 0.15) is 0 Å². The first-order valence-electron chi connectivity index (χ1n) is 10.9. The molecule has 0 bridgehead atoms. The molecule has 132 valence electrons. The zero-order valence-electron chi connectivity index (χ0n) is 16.4. The van der Waals surface area contributed by atoms with Gasteiger partial charge in [-0.25, -0.2) is 0 Å². The van der Waals surface area contributed by atoms with Crippen LogP contribution in [-0.2, 0) is 0 Å². The van der Waals surface area contributed by atoms with E-state index < -0.39 is 0 Å². The maximum atomic E-state index is 2.73.